The number of hydrogen-bond acceptors (Lipinski definition) is 7. The summed E-state index contributed by atoms with van der Waals surface area (Å²) in [5.74, 6) is 2.68. The normalized spacial score (nSPS) is 14.0. The van der Waals surface area contributed by atoms with Gasteiger partial charge in [0.25, 0.3) is 0 Å². The van der Waals surface area contributed by atoms with Gasteiger partial charge in [0.15, 0.2) is 0 Å². The molecule has 8 nitrogen and oxygen atoms in total. The Kier molecular flexibility index (Phi) is 6.48. The van der Waals surface area contributed by atoms with Crippen molar-refractivity contribution in [1.29, 1.82) is 0 Å². The molecular formula is C24H32N6O2. The predicted octanol–water partition coefficient (Wildman–Crippen LogP) is 3.79. The first-order valence-electron chi connectivity index (χ1n) is 11.2. The number of ether oxygens (including phenoxy) is 2. The highest BCUT2D eigenvalue weighted by Crippen LogP contribution is 2.31. The number of methoxy groups -OCH3 is 2. The summed E-state index contributed by atoms with van der Waals surface area (Å²) in [5.41, 5.74) is 11.5. The van der Waals surface area contributed by atoms with Gasteiger partial charge < -0.3 is 20.5 Å². The van der Waals surface area contributed by atoms with Gasteiger partial charge >= 0.3 is 0 Å². The molecule has 0 saturated heterocycles. The molecule has 4 rings (SSSR count). The van der Waals surface area contributed by atoms with Gasteiger partial charge in [-0.2, -0.15) is 10.1 Å². The maximum absolute atomic E-state index is 6.08. The van der Waals surface area contributed by atoms with E-state index in [1.54, 1.807) is 14.2 Å². The lowest BCUT2D eigenvalue weighted by Gasteiger charge is -2.17. The SMILES string of the molecule is COc1ccc(OC)c(CC[C@@H](C)Nc2cc(-c3c4c(nn3C)CCCC4)nc(N)n2)c1. The molecule has 0 unspecified atom stereocenters. The lowest BCUT2D eigenvalue weighted by atomic mass is 9.95. The van der Waals surface area contributed by atoms with E-state index in [9.17, 15) is 0 Å². The second-order valence-corrected chi connectivity index (χ2v) is 8.36. The van der Waals surface area contributed by atoms with E-state index >= 15 is 0 Å². The van der Waals surface area contributed by atoms with Gasteiger partial charge in [-0.15, -0.1) is 0 Å². The van der Waals surface area contributed by atoms with Crippen LogP contribution in [0.4, 0.5) is 11.8 Å². The highest BCUT2D eigenvalue weighted by molar-refractivity contribution is 5.65. The van der Waals surface area contributed by atoms with Gasteiger partial charge in [-0.3, -0.25) is 4.68 Å². The maximum Gasteiger partial charge on any atom is 0.222 e. The Morgan fingerprint density at radius 1 is 1.12 bits per heavy atom. The fourth-order valence-corrected chi connectivity index (χ4v) is 4.44. The minimum Gasteiger partial charge on any atom is -0.497 e. The van der Waals surface area contributed by atoms with E-state index in [-0.39, 0.29) is 12.0 Å². The molecule has 2 aromatic heterocycles. The van der Waals surface area contributed by atoms with Gasteiger partial charge in [0.05, 0.1) is 31.3 Å². The number of fused-ring (bicyclic) bond motifs is 1. The molecular weight excluding hydrogens is 404 g/mol. The number of nitrogens with two attached hydrogens (primary N) is 1. The quantitative estimate of drug-likeness (QED) is 0.554. The first-order valence-corrected chi connectivity index (χ1v) is 11.2. The third kappa shape index (κ3) is 4.64. The predicted molar refractivity (Wildman–Crippen MR) is 126 cm³/mol. The standard InChI is InChI=1S/C24H32N6O2/c1-15(9-10-16-13-17(31-3)11-12-21(16)32-4)26-22-14-20(27-24(25)28-22)23-18-7-5-6-8-19(18)29-30(23)2/h11-15H,5-10H2,1-4H3,(H3,25,26,27,28)/t15-/m1/s1. The molecule has 1 aromatic carbocycles. The van der Waals surface area contributed by atoms with Crippen LogP contribution in [0.3, 0.4) is 0 Å². The molecule has 8 heteroatoms. The van der Waals surface area contributed by atoms with E-state index in [4.69, 9.17) is 20.3 Å². The summed E-state index contributed by atoms with van der Waals surface area (Å²) in [6, 6.07) is 8.03. The topological polar surface area (TPSA) is 100 Å². The second kappa shape index (κ2) is 9.46. The highest BCUT2D eigenvalue weighted by atomic mass is 16.5. The Morgan fingerprint density at radius 3 is 2.72 bits per heavy atom. The van der Waals surface area contributed by atoms with Crippen molar-refractivity contribution in [2.45, 2.75) is 51.5 Å². The average Bonchev–Trinajstić information content (AvgIpc) is 3.12. The molecule has 0 radical (unpaired) electrons. The van der Waals surface area contributed by atoms with Gasteiger partial charge in [0, 0.05) is 24.7 Å². The Labute approximate surface area is 189 Å². The molecule has 3 aromatic rings. The third-order valence-electron chi connectivity index (χ3n) is 6.03. The van der Waals surface area contributed by atoms with Gasteiger partial charge in [-0.05, 0) is 69.2 Å². The van der Waals surface area contributed by atoms with Gasteiger partial charge in [0.1, 0.15) is 17.3 Å². The molecule has 1 aliphatic rings. The largest absolute Gasteiger partial charge is 0.497 e. The van der Waals surface area contributed by atoms with Crippen LogP contribution in [0.5, 0.6) is 11.5 Å². The smallest absolute Gasteiger partial charge is 0.222 e. The number of nitrogen functional groups attached to an aromatic ring is 1. The number of aryl methyl sites for hydroxylation is 3. The molecule has 32 heavy (non-hydrogen) atoms. The number of nitrogens with zero attached hydrogens (tertiary/aromatic N) is 4. The number of rotatable bonds is 8. The van der Waals surface area contributed by atoms with Crippen LogP contribution in [-0.4, -0.2) is 40.0 Å². The second-order valence-electron chi connectivity index (χ2n) is 8.36. The molecule has 1 atom stereocenters. The minimum absolute atomic E-state index is 0.175. The van der Waals surface area contributed by atoms with Crippen LogP contribution in [0.1, 0.15) is 43.0 Å². The summed E-state index contributed by atoms with van der Waals surface area (Å²) in [6.07, 6.45) is 6.17. The summed E-state index contributed by atoms with van der Waals surface area (Å²) in [6.45, 7) is 2.14. The van der Waals surface area contributed by atoms with Gasteiger partial charge in [-0.1, -0.05) is 0 Å². The minimum atomic E-state index is 0.175. The van der Waals surface area contributed by atoms with Crippen LogP contribution in [0, 0.1) is 0 Å². The molecule has 1 aliphatic carbocycles. The molecule has 0 bridgehead atoms. The zero-order chi connectivity index (χ0) is 22.7. The van der Waals surface area contributed by atoms with Crippen molar-refractivity contribution in [3.63, 3.8) is 0 Å². The van der Waals surface area contributed by atoms with E-state index < -0.39 is 0 Å². The van der Waals surface area contributed by atoms with E-state index in [2.05, 4.69) is 22.2 Å². The molecule has 0 fully saturated rings. The van der Waals surface area contributed by atoms with Crippen LogP contribution in [0.15, 0.2) is 24.3 Å². The van der Waals surface area contributed by atoms with E-state index in [1.165, 1.54) is 24.1 Å². The van der Waals surface area contributed by atoms with Gasteiger partial charge in [0.2, 0.25) is 5.95 Å². The summed E-state index contributed by atoms with van der Waals surface area (Å²) in [5, 5.41) is 8.20. The number of anilines is 2. The van der Waals surface area contributed by atoms with Crippen LogP contribution in [0.25, 0.3) is 11.4 Å². The number of aromatic nitrogens is 4. The summed E-state index contributed by atoms with van der Waals surface area (Å²) in [7, 11) is 5.34. The van der Waals surface area contributed by atoms with Crippen LogP contribution in [-0.2, 0) is 26.3 Å². The summed E-state index contributed by atoms with van der Waals surface area (Å²) >= 11 is 0. The lowest BCUT2D eigenvalue weighted by Crippen LogP contribution is -2.18. The fourth-order valence-electron chi connectivity index (χ4n) is 4.44. The molecule has 0 aliphatic heterocycles. The van der Waals surface area contributed by atoms with Crippen molar-refractivity contribution >= 4 is 11.8 Å². The van der Waals surface area contributed by atoms with E-state index in [0.29, 0.717) is 0 Å². The van der Waals surface area contributed by atoms with Gasteiger partial charge in [-0.25, -0.2) is 4.98 Å². The third-order valence-corrected chi connectivity index (χ3v) is 6.03. The average molecular weight is 437 g/mol. The maximum atomic E-state index is 6.08. The van der Waals surface area contributed by atoms with Crippen LogP contribution < -0.4 is 20.5 Å². The lowest BCUT2D eigenvalue weighted by molar-refractivity contribution is 0.398. The monoisotopic (exact) mass is 436 g/mol. The molecule has 2 heterocycles. The molecule has 0 amide bonds. The highest BCUT2D eigenvalue weighted by Gasteiger charge is 2.22. The van der Waals surface area contributed by atoms with E-state index in [0.717, 1.165) is 60.0 Å². The first-order chi connectivity index (χ1) is 15.5. The summed E-state index contributed by atoms with van der Waals surface area (Å²) < 4.78 is 12.8. The summed E-state index contributed by atoms with van der Waals surface area (Å²) in [4.78, 5) is 8.95. The fraction of sp³-hybridized carbons (Fsp3) is 0.458. The van der Waals surface area contributed by atoms with Crippen molar-refractivity contribution < 1.29 is 9.47 Å². The number of benzene rings is 1. The van der Waals surface area contributed by atoms with Crippen molar-refractivity contribution in [3.8, 4) is 22.9 Å². The van der Waals surface area contributed by atoms with Crippen molar-refractivity contribution in [1.82, 2.24) is 19.7 Å². The Morgan fingerprint density at radius 2 is 1.94 bits per heavy atom. The molecule has 170 valence electrons. The molecule has 3 N–H and O–H groups in total. The molecule has 0 saturated carbocycles. The first kappa shape index (κ1) is 21.9. The Hall–Kier alpha value is -3.29. The zero-order valence-corrected chi connectivity index (χ0v) is 19.3. The van der Waals surface area contributed by atoms with E-state index in [1.807, 2.05) is 36.0 Å². The van der Waals surface area contributed by atoms with Crippen LogP contribution >= 0.6 is 0 Å². The Bertz CT molecular complexity index is 1090. The molecule has 0 spiro atoms. The number of hydrogen-bond donors (Lipinski definition) is 2. The van der Waals surface area contributed by atoms with Crippen LogP contribution in [0.2, 0.25) is 0 Å². The van der Waals surface area contributed by atoms with Crippen molar-refractivity contribution in [2.24, 2.45) is 7.05 Å². The number of nitrogens with one attached hydrogen (secondary N) is 1. The zero-order valence-electron chi connectivity index (χ0n) is 19.3. The Balaban J connectivity index is 1.50. The van der Waals surface area contributed by atoms with Crippen molar-refractivity contribution in [3.05, 3.63) is 41.1 Å². The van der Waals surface area contributed by atoms with Crippen molar-refractivity contribution in [2.75, 3.05) is 25.3 Å².